The van der Waals surface area contributed by atoms with Gasteiger partial charge in [0.15, 0.2) is 0 Å². The lowest BCUT2D eigenvalue weighted by molar-refractivity contribution is -0.119. The lowest BCUT2D eigenvalue weighted by atomic mass is 10.0. The molecule has 1 aromatic carbocycles. The van der Waals surface area contributed by atoms with Gasteiger partial charge in [-0.3, -0.25) is 4.79 Å². The van der Waals surface area contributed by atoms with E-state index in [2.05, 4.69) is 37.2 Å². The molecule has 1 rings (SSSR count). The molecule has 0 bridgehead atoms. The first kappa shape index (κ1) is 14.7. The molecule has 0 aliphatic carbocycles. The van der Waals surface area contributed by atoms with Crippen LogP contribution in [0.4, 0.5) is 5.69 Å². The lowest BCUT2D eigenvalue weighted by Gasteiger charge is -2.14. The highest BCUT2D eigenvalue weighted by Gasteiger charge is 2.16. The summed E-state index contributed by atoms with van der Waals surface area (Å²) < 4.78 is 1.82. The van der Waals surface area contributed by atoms with Gasteiger partial charge in [-0.2, -0.15) is 0 Å². The summed E-state index contributed by atoms with van der Waals surface area (Å²) in [4.78, 5) is 11.9. The molecule has 94 valence electrons. The van der Waals surface area contributed by atoms with Crippen LogP contribution in [-0.4, -0.2) is 12.5 Å². The fraction of sp³-hybridized carbons (Fsp3) is 0.417. The van der Waals surface area contributed by atoms with Crippen LogP contribution in [0.2, 0.25) is 0 Å². The van der Waals surface area contributed by atoms with E-state index in [1.165, 1.54) is 0 Å². The Morgan fingerprint density at radius 3 is 2.71 bits per heavy atom. The third kappa shape index (κ3) is 4.41. The molecule has 1 aromatic rings. The van der Waals surface area contributed by atoms with Crippen molar-refractivity contribution in [3.8, 4) is 0 Å². The summed E-state index contributed by atoms with van der Waals surface area (Å²) in [5.41, 5.74) is 6.37. The first-order valence-electron chi connectivity index (χ1n) is 5.54. The zero-order valence-electron chi connectivity index (χ0n) is 9.67. The molecule has 1 amide bonds. The van der Waals surface area contributed by atoms with Gasteiger partial charge >= 0.3 is 0 Å². The molecular weight excluding hydrogens is 348 g/mol. The van der Waals surface area contributed by atoms with E-state index in [0.29, 0.717) is 6.54 Å². The van der Waals surface area contributed by atoms with Crippen LogP contribution in [0, 0.1) is 5.92 Å². The number of carbonyl (C=O) groups is 1. The second-order valence-electron chi connectivity index (χ2n) is 3.83. The van der Waals surface area contributed by atoms with E-state index in [-0.39, 0.29) is 11.8 Å². The van der Waals surface area contributed by atoms with Crippen molar-refractivity contribution in [1.29, 1.82) is 0 Å². The Morgan fingerprint density at radius 2 is 2.18 bits per heavy atom. The van der Waals surface area contributed by atoms with Crippen LogP contribution in [0.25, 0.3) is 0 Å². The second-order valence-corrected chi connectivity index (χ2v) is 5.60. The van der Waals surface area contributed by atoms with Crippen LogP contribution in [0.1, 0.15) is 19.8 Å². The van der Waals surface area contributed by atoms with Crippen LogP contribution < -0.4 is 11.1 Å². The Bertz CT molecular complexity index is 396. The summed E-state index contributed by atoms with van der Waals surface area (Å²) in [5.74, 6) is -0.132. The van der Waals surface area contributed by atoms with Crippen molar-refractivity contribution in [3.63, 3.8) is 0 Å². The highest BCUT2D eigenvalue weighted by Crippen LogP contribution is 2.26. The number of nitrogens with one attached hydrogen (secondary N) is 1. The number of halogens is 2. The molecule has 0 spiro atoms. The SMILES string of the molecule is CCCC(CN)C(=O)Nc1ccc(Br)cc1Br. The minimum absolute atomic E-state index is 0.0163. The maximum Gasteiger partial charge on any atom is 0.228 e. The Kier molecular flexibility index (Phi) is 6.16. The first-order valence-corrected chi connectivity index (χ1v) is 7.13. The van der Waals surface area contributed by atoms with E-state index in [0.717, 1.165) is 27.5 Å². The molecule has 1 unspecified atom stereocenters. The Hall–Kier alpha value is -0.390. The summed E-state index contributed by atoms with van der Waals surface area (Å²) >= 11 is 6.78. The predicted octanol–water partition coefficient (Wildman–Crippen LogP) is 3.53. The number of anilines is 1. The number of hydrogen-bond acceptors (Lipinski definition) is 2. The highest BCUT2D eigenvalue weighted by atomic mass is 79.9. The largest absolute Gasteiger partial charge is 0.330 e. The van der Waals surface area contributed by atoms with Crippen LogP contribution in [0.15, 0.2) is 27.1 Å². The highest BCUT2D eigenvalue weighted by molar-refractivity contribution is 9.11. The van der Waals surface area contributed by atoms with Crippen molar-refractivity contribution in [2.45, 2.75) is 19.8 Å². The number of hydrogen-bond donors (Lipinski definition) is 2. The molecule has 0 radical (unpaired) electrons. The molecule has 17 heavy (non-hydrogen) atoms. The fourth-order valence-electron chi connectivity index (χ4n) is 1.53. The van der Waals surface area contributed by atoms with Crippen molar-refractivity contribution in [2.75, 3.05) is 11.9 Å². The van der Waals surface area contributed by atoms with Gasteiger partial charge in [-0.05, 0) is 40.5 Å². The molecule has 1 atom stereocenters. The molecule has 0 aliphatic heterocycles. The average Bonchev–Trinajstić information content (AvgIpc) is 2.29. The van der Waals surface area contributed by atoms with Gasteiger partial charge in [0.25, 0.3) is 0 Å². The van der Waals surface area contributed by atoms with Crippen molar-refractivity contribution in [3.05, 3.63) is 27.1 Å². The third-order valence-corrected chi connectivity index (χ3v) is 3.63. The number of benzene rings is 1. The number of carbonyl (C=O) groups excluding carboxylic acids is 1. The van der Waals surface area contributed by atoms with Gasteiger partial charge < -0.3 is 11.1 Å². The number of nitrogens with two attached hydrogens (primary N) is 1. The van der Waals surface area contributed by atoms with Crippen molar-refractivity contribution < 1.29 is 4.79 Å². The third-order valence-electron chi connectivity index (χ3n) is 2.48. The molecule has 3 N–H and O–H groups in total. The standard InChI is InChI=1S/C12H16Br2N2O/c1-2-3-8(7-15)12(17)16-11-5-4-9(13)6-10(11)14/h4-6,8H,2-3,7,15H2,1H3,(H,16,17). The van der Waals surface area contributed by atoms with Gasteiger partial charge in [-0.1, -0.05) is 29.3 Å². The molecule has 0 saturated heterocycles. The van der Waals surface area contributed by atoms with Gasteiger partial charge in [-0.25, -0.2) is 0 Å². The van der Waals surface area contributed by atoms with Crippen molar-refractivity contribution in [1.82, 2.24) is 0 Å². The predicted molar refractivity (Wildman–Crippen MR) is 77.9 cm³/mol. The Balaban J connectivity index is 2.73. The summed E-state index contributed by atoms with van der Waals surface area (Å²) in [5, 5.41) is 2.89. The van der Waals surface area contributed by atoms with Crippen LogP contribution >= 0.6 is 31.9 Å². The smallest absolute Gasteiger partial charge is 0.228 e. The second kappa shape index (κ2) is 7.13. The van der Waals surface area contributed by atoms with Crippen LogP contribution in [0.5, 0.6) is 0 Å². The van der Waals surface area contributed by atoms with E-state index in [4.69, 9.17) is 5.73 Å². The van der Waals surface area contributed by atoms with E-state index < -0.39 is 0 Å². The van der Waals surface area contributed by atoms with Gasteiger partial charge in [0.2, 0.25) is 5.91 Å². The fourth-order valence-corrected chi connectivity index (χ4v) is 2.68. The van der Waals surface area contributed by atoms with E-state index >= 15 is 0 Å². The maximum atomic E-state index is 11.9. The number of amides is 1. The monoisotopic (exact) mass is 362 g/mol. The minimum Gasteiger partial charge on any atom is -0.330 e. The van der Waals surface area contributed by atoms with E-state index in [9.17, 15) is 4.79 Å². The van der Waals surface area contributed by atoms with Gasteiger partial charge in [-0.15, -0.1) is 0 Å². The van der Waals surface area contributed by atoms with Gasteiger partial charge in [0, 0.05) is 15.5 Å². The molecule has 0 heterocycles. The lowest BCUT2D eigenvalue weighted by Crippen LogP contribution is -2.29. The van der Waals surface area contributed by atoms with E-state index in [1.54, 1.807) is 0 Å². The molecule has 0 aliphatic rings. The zero-order chi connectivity index (χ0) is 12.8. The molecule has 0 fully saturated rings. The maximum absolute atomic E-state index is 11.9. The Labute approximate surface area is 118 Å². The van der Waals surface area contributed by atoms with Crippen molar-refractivity contribution >= 4 is 43.5 Å². The number of rotatable bonds is 5. The summed E-state index contributed by atoms with van der Waals surface area (Å²) in [7, 11) is 0. The quantitative estimate of drug-likeness (QED) is 0.840. The first-order chi connectivity index (χ1) is 8.08. The molecule has 5 heteroatoms. The Morgan fingerprint density at radius 1 is 1.47 bits per heavy atom. The average molecular weight is 364 g/mol. The molecular formula is C12H16Br2N2O. The van der Waals surface area contributed by atoms with Crippen LogP contribution in [-0.2, 0) is 4.79 Å². The summed E-state index contributed by atoms with van der Waals surface area (Å²) in [6, 6.07) is 5.64. The van der Waals surface area contributed by atoms with Crippen LogP contribution in [0.3, 0.4) is 0 Å². The minimum atomic E-state index is -0.115. The molecule has 3 nitrogen and oxygen atoms in total. The summed E-state index contributed by atoms with van der Waals surface area (Å²) in [6.07, 6.45) is 1.77. The molecule has 0 saturated carbocycles. The van der Waals surface area contributed by atoms with Crippen molar-refractivity contribution in [2.24, 2.45) is 11.7 Å². The zero-order valence-corrected chi connectivity index (χ0v) is 12.8. The van der Waals surface area contributed by atoms with Gasteiger partial charge in [0.1, 0.15) is 0 Å². The van der Waals surface area contributed by atoms with E-state index in [1.807, 2.05) is 25.1 Å². The summed E-state index contributed by atoms with van der Waals surface area (Å²) in [6.45, 7) is 2.43. The molecule has 0 aromatic heterocycles. The topological polar surface area (TPSA) is 55.1 Å². The normalized spacial score (nSPS) is 12.2. The van der Waals surface area contributed by atoms with Gasteiger partial charge in [0.05, 0.1) is 11.6 Å².